The summed E-state index contributed by atoms with van der Waals surface area (Å²) in [6.07, 6.45) is 0. The molecule has 0 radical (unpaired) electrons. The van der Waals surface area contributed by atoms with E-state index in [9.17, 15) is 14.7 Å². The van der Waals surface area contributed by atoms with Crippen molar-refractivity contribution in [2.75, 3.05) is 40.4 Å². The van der Waals surface area contributed by atoms with Gasteiger partial charge in [0.15, 0.2) is 0 Å². The molecule has 2 aromatic carbocycles. The molecular formula is C27H34N2O5. The quantitative estimate of drug-likeness (QED) is 0.341. The number of aliphatic hydroxyl groups is 1. The number of methoxy groups -OCH3 is 2. The van der Waals surface area contributed by atoms with Crippen molar-refractivity contribution < 1.29 is 24.2 Å². The van der Waals surface area contributed by atoms with Gasteiger partial charge in [-0.25, -0.2) is 0 Å². The topological polar surface area (TPSA) is 79.3 Å². The average Bonchev–Trinajstić information content (AvgIpc) is 3.10. The molecular weight excluding hydrogens is 432 g/mol. The smallest absolute Gasteiger partial charge is 0.295 e. The molecule has 1 fully saturated rings. The maximum absolute atomic E-state index is 13.3. The maximum atomic E-state index is 13.3. The van der Waals surface area contributed by atoms with E-state index in [-0.39, 0.29) is 11.3 Å². The first-order valence-corrected chi connectivity index (χ1v) is 11.6. The molecule has 1 atom stereocenters. The predicted molar refractivity (Wildman–Crippen MR) is 132 cm³/mol. The van der Waals surface area contributed by atoms with E-state index in [0.717, 1.165) is 29.8 Å². The van der Waals surface area contributed by atoms with Crippen molar-refractivity contribution in [2.45, 2.75) is 33.7 Å². The largest absolute Gasteiger partial charge is 0.507 e. The Morgan fingerprint density at radius 2 is 1.65 bits per heavy atom. The number of amides is 1. The minimum absolute atomic E-state index is 0.0994. The summed E-state index contributed by atoms with van der Waals surface area (Å²) in [5.74, 6) is -0.0817. The summed E-state index contributed by atoms with van der Waals surface area (Å²) in [5.41, 5.74) is 2.93. The Labute approximate surface area is 201 Å². The highest BCUT2D eigenvalue weighted by atomic mass is 16.5. The zero-order valence-electron chi connectivity index (χ0n) is 20.8. The van der Waals surface area contributed by atoms with E-state index < -0.39 is 17.7 Å². The van der Waals surface area contributed by atoms with Crippen molar-refractivity contribution in [3.63, 3.8) is 0 Å². The first kappa shape index (κ1) is 25.3. The first-order chi connectivity index (χ1) is 16.3. The standard InChI is InChI=1S/C27H34N2O5/c1-7-28(8-2)13-14-29-24(19-9-11-20(33-5)12-10-19)23(26(31)27(29)32)25(30)21-15-18(4)22(34-6)16-17(21)3/h9-12,15-16,24,30H,7-8,13-14H2,1-6H3/b25-23+. The van der Waals surface area contributed by atoms with E-state index in [1.165, 1.54) is 0 Å². The molecule has 1 heterocycles. The molecule has 1 unspecified atom stereocenters. The summed E-state index contributed by atoms with van der Waals surface area (Å²) in [6, 6.07) is 10.2. The van der Waals surface area contributed by atoms with Crippen molar-refractivity contribution in [3.8, 4) is 11.5 Å². The first-order valence-electron chi connectivity index (χ1n) is 11.6. The van der Waals surface area contributed by atoms with Crippen molar-refractivity contribution in [3.05, 3.63) is 64.2 Å². The fourth-order valence-corrected chi connectivity index (χ4v) is 4.44. The van der Waals surface area contributed by atoms with Crippen LogP contribution in [0.4, 0.5) is 0 Å². The van der Waals surface area contributed by atoms with Gasteiger partial charge in [0.1, 0.15) is 17.3 Å². The Hall–Kier alpha value is -3.32. The number of Topliss-reactive ketones (excluding diaryl/α,β-unsaturated/α-hetero) is 1. The molecule has 3 rings (SSSR count). The van der Waals surface area contributed by atoms with Crippen LogP contribution in [0.25, 0.3) is 5.76 Å². The molecule has 0 saturated carbocycles. The summed E-state index contributed by atoms with van der Waals surface area (Å²) in [7, 11) is 3.17. The second-order valence-corrected chi connectivity index (χ2v) is 8.43. The number of carbonyl (C=O) groups is 2. The fraction of sp³-hybridized carbons (Fsp3) is 0.407. The molecule has 0 bridgehead atoms. The van der Waals surface area contributed by atoms with E-state index in [1.807, 2.05) is 32.0 Å². The molecule has 1 aliphatic heterocycles. The lowest BCUT2D eigenvalue weighted by Crippen LogP contribution is -2.38. The fourth-order valence-electron chi connectivity index (χ4n) is 4.44. The van der Waals surface area contributed by atoms with Gasteiger partial charge in [0.2, 0.25) is 0 Å². The summed E-state index contributed by atoms with van der Waals surface area (Å²) < 4.78 is 10.7. The summed E-state index contributed by atoms with van der Waals surface area (Å²) in [5, 5.41) is 11.4. The van der Waals surface area contributed by atoms with Crippen molar-refractivity contribution in [2.24, 2.45) is 0 Å². The van der Waals surface area contributed by atoms with Crippen molar-refractivity contribution >= 4 is 17.4 Å². The van der Waals surface area contributed by atoms with Crippen LogP contribution in [0, 0.1) is 13.8 Å². The SMILES string of the molecule is CCN(CC)CCN1C(=O)C(=O)/C(=C(/O)c2cc(C)c(OC)cc2C)C1c1ccc(OC)cc1. The zero-order chi connectivity index (χ0) is 25.0. The number of aryl methyl sites for hydroxylation is 2. The molecule has 2 aromatic rings. The number of hydrogen-bond acceptors (Lipinski definition) is 6. The Balaban J connectivity index is 2.15. The molecule has 1 N–H and O–H groups in total. The van der Waals surface area contributed by atoms with Crippen LogP contribution in [0.2, 0.25) is 0 Å². The van der Waals surface area contributed by atoms with Crippen LogP contribution in [0.3, 0.4) is 0 Å². The number of hydrogen-bond donors (Lipinski definition) is 1. The third-order valence-electron chi connectivity index (χ3n) is 6.52. The molecule has 0 spiro atoms. The molecule has 0 aliphatic carbocycles. The molecule has 34 heavy (non-hydrogen) atoms. The average molecular weight is 467 g/mol. The Bertz CT molecular complexity index is 1090. The monoisotopic (exact) mass is 466 g/mol. The molecule has 1 amide bonds. The molecule has 1 saturated heterocycles. The number of rotatable bonds is 9. The van der Waals surface area contributed by atoms with Crippen molar-refractivity contribution in [1.82, 2.24) is 9.80 Å². The van der Waals surface area contributed by atoms with Gasteiger partial charge in [-0.3, -0.25) is 9.59 Å². The maximum Gasteiger partial charge on any atom is 0.295 e. The van der Waals surface area contributed by atoms with Crippen LogP contribution in [0.5, 0.6) is 11.5 Å². The van der Waals surface area contributed by atoms with Gasteiger partial charge in [-0.1, -0.05) is 26.0 Å². The molecule has 7 nitrogen and oxygen atoms in total. The van der Waals surface area contributed by atoms with Gasteiger partial charge in [0, 0.05) is 18.7 Å². The van der Waals surface area contributed by atoms with Gasteiger partial charge < -0.3 is 24.4 Å². The van der Waals surface area contributed by atoms with E-state index in [4.69, 9.17) is 9.47 Å². The van der Waals surface area contributed by atoms with Crippen LogP contribution in [0.15, 0.2) is 42.0 Å². The van der Waals surface area contributed by atoms with Crippen LogP contribution < -0.4 is 9.47 Å². The number of likely N-dealkylation sites (N-methyl/N-ethyl adjacent to an activating group) is 1. The molecule has 7 heteroatoms. The van der Waals surface area contributed by atoms with E-state index in [2.05, 4.69) is 18.7 Å². The Morgan fingerprint density at radius 3 is 2.21 bits per heavy atom. The number of benzene rings is 2. The number of likely N-dealkylation sites (tertiary alicyclic amines) is 1. The van der Waals surface area contributed by atoms with Crippen LogP contribution in [-0.4, -0.2) is 67.0 Å². The van der Waals surface area contributed by atoms with Gasteiger partial charge in [0.25, 0.3) is 11.7 Å². The minimum atomic E-state index is -0.691. The molecule has 182 valence electrons. The second-order valence-electron chi connectivity index (χ2n) is 8.43. The highest BCUT2D eigenvalue weighted by Gasteiger charge is 2.46. The van der Waals surface area contributed by atoms with Gasteiger partial charge in [-0.05, 0) is 67.9 Å². The van der Waals surface area contributed by atoms with E-state index in [1.54, 1.807) is 37.3 Å². The van der Waals surface area contributed by atoms with Crippen molar-refractivity contribution in [1.29, 1.82) is 0 Å². The number of ketones is 1. The summed E-state index contributed by atoms with van der Waals surface area (Å²) >= 11 is 0. The predicted octanol–water partition coefficient (Wildman–Crippen LogP) is 4.08. The molecule has 0 aromatic heterocycles. The van der Waals surface area contributed by atoms with Crippen LogP contribution >= 0.6 is 0 Å². The molecule has 1 aliphatic rings. The number of nitrogens with zero attached hydrogens (tertiary/aromatic N) is 2. The number of ether oxygens (including phenoxy) is 2. The van der Waals surface area contributed by atoms with E-state index >= 15 is 0 Å². The van der Waals surface area contributed by atoms with Gasteiger partial charge in [-0.2, -0.15) is 0 Å². The minimum Gasteiger partial charge on any atom is -0.507 e. The highest BCUT2D eigenvalue weighted by molar-refractivity contribution is 6.46. The van der Waals surface area contributed by atoms with Gasteiger partial charge in [0.05, 0.1) is 25.8 Å². The normalized spacial score (nSPS) is 17.5. The Kier molecular flexibility index (Phi) is 7.99. The number of aliphatic hydroxyl groups excluding tert-OH is 1. The third kappa shape index (κ3) is 4.80. The van der Waals surface area contributed by atoms with Gasteiger partial charge in [-0.15, -0.1) is 0 Å². The second kappa shape index (κ2) is 10.7. The van der Waals surface area contributed by atoms with Crippen LogP contribution in [-0.2, 0) is 9.59 Å². The van der Waals surface area contributed by atoms with Crippen LogP contribution in [0.1, 0.15) is 42.1 Å². The highest BCUT2D eigenvalue weighted by Crippen LogP contribution is 2.40. The van der Waals surface area contributed by atoms with Gasteiger partial charge >= 0.3 is 0 Å². The summed E-state index contributed by atoms with van der Waals surface area (Å²) in [4.78, 5) is 30.2. The lowest BCUT2D eigenvalue weighted by Gasteiger charge is -2.28. The number of carbonyl (C=O) groups excluding carboxylic acids is 2. The Morgan fingerprint density at radius 1 is 1.00 bits per heavy atom. The van der Waals surface area contributed by atoms with E-state index in [0.29, 0.717) is 30.2 Å². The summed E-state index contributed by atoms with van der Waals surface area (Å²) in [6.45, 7) is 10.5. The lowest BCUT2D eigenvalue weighted by atomic mass is 9.93. The lowest BCUT2D eigenvalue weighted by molar-refractivity contribution is -0.140. The third-order valence-corrected chi connectivity index (χ3v) is 6.52. The zero-order valence-corrected chi connectivity index (χ0v) is 20.8.